The molecule has 2 aromatic rings. The standard InChI is InChI=1S/C19H22N4O4/c24-18-11-14(19(25)20-5-1-7-22-8-2-6-21-22)13-23(18)15-3-4-16-17(12-15)27-10-9-26-16/h2-4,6,8,12,14H,1,5,7,9-11,13H2,(H,20,25). The number of nitrogens with zero attached hydrogens (tertiary/aromatic N) is 3. The van der Waals surface area contributed by atoms with Crippen molar-refractivity contribution in [3.8, 4) is 11.5 Å². The average molecular weight is 370 g/mol. The van der Waals surface area contributed by atoms with Crippen LogP contribution in [0.25, 0.3) is 0 Å². The third-order valence-electron chi connectivity index (χ3n) is 4.76. The molecule has 1 saturated heterocycles. The monoisotopic (exact) mass is 370 g/mol. The van der Waals surface area contributed by atoms with E-state index in [1.54, 1.807) is 23.2 Å². The number of amides is 2. The highest BCUT2D eigenvalue weighted by Crippen LogP contribution is 2.35. The van der Waals surface area contributed by atoms with E-state index in [4.69, 9.17) is 9.47 Å². The Hall–Kier alpha value is -3.03. The Bertz CT molecular complexity index is 821. The van der Waals surface area contributed by atoms with Crippen LogP contribution in [0.2, 0.25) is 0 Å². The van der Waals surface area contributed by atoms with Crippen molar-refractivity contribution in [3.63, 3.8) is 0 Å². The molecule has 1 atom stereocenters. The molecule has 8 heteroatoms. The van der Waals surface area contributed by atoms with Gasteiger partial charge in [0.1, 0.15) is 13.2 Å². The minimum Gasteiger partial charge on any atom is -0.486 e. The number of hydrogen-bond donors (Lipinski definition) is 1. The van der Waals surface area contributed by atoms with Crippen LogP contribution in [-0.4, -0.2) is 47.9 Å². The van der Waals surface area contributed by atoms with Crippen LogP contribution in [0.4, 0.5) is 5.69 Å². The van der Waals surface area contributed by atoms with Crippen LogP contribution in [0.1, 0.15) is 12.8 Å². The summed E-state index contributed by atoms with van der Waals surface area (Å²) in [5, 5.41) is 7.05. The van der Waals surface area contributed by atoms with Gasteiger partial charge in [-0.25, -0.2) is 0 Å². The Labute approximate surface area is 157 Å². The Kier molecular flexibility index (Phi) is 4.95. The largest absolute Gasteiger partial charge is 0.486 e. The van der Waals surface area contributed by atoms with Gasteiger partial charge < -0.3 is 19.7 Å². The van der Waals surface area contributed by atoms with Gasteiger partial charge >= 0.3 is 0 Å². The molecule has 0 spiro atoms. The van der Waals surface area contributed by atoms with E-state index in [9.17, 15) is 9.59 Å². The van der Waals surface area contributed by atoms with Crippen molar-refractivity contribution in [1.29, 1.82) is 0 Å². The fourth-order valence-electron chi connectivity index (χ4n) is 3.36. The zero-order valence-corrected chi connectivity index (χ0v) is 15.0. The zero-order valence-electron chi connectivity index (χ0n) is 15.0. The third-order valence-corrected chi connectivity index (χ3v) is 4.76. The maximum atomic E-state index is 12.4. The van der Waals surface area contributed by atoms with E-state index < -0.39 is 0 Å². The van der Waals surface area contributed by atoms with Gasteiger partial charge in [-0.2, -0.15) is 5.10 Å². The molecule has 1 N–H and O–H groups in total. The quantitative estimate of drug-likeness (QED) is 0.773. The van der Waals surface area contributed by atoms with Crippen LogP contribution in [0.5, 0.6) is 11.5 Å². The van der Waals surface area contributed by atoms with Crippen molar-refractivity contribution in [2.45, 2.75) is 19.4 Å². The normalized spacial score (nSPS) is 18.6. The second kappa shape index (κ2) is 7.69. The summed E-state index contributed by atoms with van der Waals surface area (Å²) >= 11 is 0. The predicted octanol–water partition coefficient (Wildman–Crippen LogP) is 1.21. The van der Waals surface area contributed by atoms with Crippen molar-refractivity contribution in [3.05, 3.63) is 36.7 Å². The molecular formula is C19H22N4O4. The van der Waals surface area contributed by atoms with E-state index in [-0.39, 0.29) is 24.2 Å². The number of carbonyl (C=O) groups excluding carboxylic acids is 2. The van der Waals surface area contributed by atoms with Crippen molar-refractivity contribution in [1.82, 2.24) is 15.1 Å². The summed E-state index contributed by atoms with van der Waals surface area (Å²) in [6.07, 6.45) is 4.64. The number of rotatable bonds is 6. The molecule has 3 heterocycles. The summed E-state index contributed by atoms with van der Waals surface area (Å²) in [7, 11) is 0. The average Bonchev–Trinajstić information content (AvgIpc) is 3.34. The topological polar surface area (TPSA) is 85.7 Å². The molecule has 1 aromatic carbocycles. The lowest BCUT2D eigenvalue weighted by Crippen LogP contribution is -2.33. The molecule has 1 unspecified atom stereocenters. The van der Waals surface area contributed by atoms with E-state index in [1.165, 1.54) is 0 Å². The van der Waals surface area contributed by atoms with Gasteiger partial charge in [-0.1, -0.05) is 0 Å². The summed E-state index contributed by atoms with van der Waals surface area (Å²) < 4.78 is 12.9. The van der Waals surface area contributed by atoms with Gasteiger partial charge in [0.25, 0.3) is 0 Å². The summed E-state index contributed by atoms with van der Waals surface area (Å²) in [6, 6.07) is 7.31. The van der Waals surface area contributed by atoms with Gasteiger partial charge in [0.05, 0.1) is 5.92 Å². The van der Waals surface area contributed by atoms with Crippen LogP contribution in [0.15, 0.2) is 36.7 Å². The Morgan fingerprint density at radius 2 is 2.11 bits per heavy atom. The molecule has 0 saturated carbocycles. The molecule has 2 aliphatic rings. The number of nitrogens with one attached hydrogen (secondary N) is 1. The van der Waals surface area contributed by atoms with Gasteiger partial charge in [0.15, 0.2) is 11.5 Å². The highest BCUT2D eigenvalue weighted by atomic mass is 16.6. The first kappa shape index (κ1) is 17.4. The molecule has 0 aliphatic carbocycles. The van der Waals surface area contributed by atoms with Gasteiger partial charge in [0, 0.05) is 50.2 Å². The molecule has 0 radical (unpaired) electrons. The number of aromatic nitrogens is 2. The molecule has 1 aromatic heterocycles. The molecule has 4 rings (SSSR count). The van der Waals surface area contributed by atoms with Crippen LogP contribution in [0.3, 0.4) is 0 Å². The van der Waals surface area contributed by atoms with Crippen LogP contribution in [-0.2, 0) is 16.1 Å². The summed E-state index contributed by atoms with van der Waals surface area (Å²) in [5.74, 6) is 0.851. The summed E-state index contributed by atoms with van der Waals surface area (Å²) in [6.45, 7) is 2.71. The Morgan fingerprint density at radius 3 is 2.93 bits per heavy atom. The van der Waals surface area contributed by atoms with E-state index in [0.717, 1.165) is 18.7 Å². The first-order chi connectivity index (χ1) is 13.2. The van der Waals surface area contributed by atoms with Crippen molar-refractivity contribution in [2.75, 3.05) is 31.2 Å². The zero-order chi connectivity index (χ0) is 18.6. The second-order valence-electron chi connectivity index (χ2n) is 6.65. The number of fused-ring (bicyclic) bond motifs is 1. The Morgan fingerprint density at radius 1 is 1.26 bits per heavy atom. The first-order valence-corrected chi connectivity index (χ1v) is 9.16. The van der Waals surface area contributed by atoms with Crippen LogP contribution >= 0.6 is 0 Å². The first-order valence-electron chi connectivity index (χ1n) is 9.16. The lowest BCUT2D eigenvalue weighted by molar-refractivity contribution is -0.126. The highest BCUT2D eigenvalue weighted by Gasteiger charge is 2.35. The van der Waals surface area contributed by atoms with Gasteiger partial charge in [-0.15, -0.1) is 0 Å². The highest BCUT2D eigenvalue weighted by molar-refractivity contribution is 6.00. The maximum absolute atomic E-state index is 12.4. The van der Waals surface area contributed by atoms with Crippen molar-refractivity contribution < 1.29 is 19.1 Å². The number of hydrogen-bond acceptors (Lipinski definition) is 5. The van der Waals surface area contributed by atoms with Crippen molar-refractivity contribution >= 4 is 17.5 Å². The summed E-state index contributed by atoms with van der Waals surface area (Å²) in [5.41, 5.74) is 0.734. The minimum atomic E-state index is -0.338. The van der Waals surface area contributed by atoms with Crippen LogP contribution < -0.4 is 19.7 Å². The van der Waals surface area contributed by atoms with Gasteiger partial charge in [0.2, 0.25) is 11.8 Å². The molecule has 142 valence electrons. The van der Waals surface area contributed by atoms with E-state index in [1.807, 2.05) is 23.0 Å². The number of anilines is 1. The number of benzene rings is 1. The number of carbonyl (C=O) groups is 2. The molecule has 0 bridgehead atoms. The van der Waals surface area contributed by atoms with Gasteiger partial charge in [-0.05, 0) is 24.6 Å². The predicted molar refractivity (Wildman–Crippen MR) is 97.7 cm³/mol. The molecular weight excluding hydrogens is 348 g/mol. The SMILES string of the molecule is O=C(NCCCn1cccn1)C1CC(=O)N(c2ccc3c(c2)OCCO3)C1. The number of aryl methyl sites for hydroxylation is 1. The fourth-order valence-corrected chi connectivity index (χ4v) is 3.36. The summed E-state index contributed by atoms with van der Waals surface area (Å²) in [4.78, 5) is 26.5. The van der Waals surface area contributed by atoms with Crippen LogP contribution in [0, 0.1) is 5.92 Å². The second-order valence-corrected chi connectivity index (χ2v) is 6.65. The lowest BCUT2D eigenvalue weighted by atomic mass is 10.1. The van der Waals surface area contributed by atoms with Crippen molar-refractivity contribution in [2.24, 2.45) is 5.92 Å². The lowest BCUT2D eigenvalue weighted by Gasteiger charge is -2.22. The Balaban J connectivity index is 1.31. The molecule has 8 nitrogen and oxygen atoms in total. The van der Waals surface area contributed by atoms with E-state index >= 15 is 0 Å². The molecule has 27 heavy (non-hydrogen) atoms. The molecule has 2 aliphatic heterocycles. The molecule has 1 fully saturated rings. The van der Waals surface area contributed by atoms with E-state index in [2.05, 4.69) is 10.4 Å². The smallest absolute Gasteiger partial charge is 0.227 e. The molecule has 2 amide bonds. The van der Waals surface area contributed by atoms with E-state index in [0.29, 0.717) is 37.8 Å². The minimum absolute atomic E-state index is 0.0524. The number of ether oxygens (including phenoxy) is 2. The third kappa shape index (κ3) is 3.89. The van der Waals surface area contributed by atoms with Gasteiger partial charge in [-0.3, -0.25) is 14.3 Å². The maximum Gasteiger partial charge on any atom is 0.227 e. The fraction of sp³-hybridized carbons (Fsp3) is 0.421.